The number of hydrogen-bond donors (Lipinski definition) is 0. The van der Waals surface area contributed by atoms with Crippen LogP contribution in [0.2, 0.25) is 0 Å². The van der Waals surface area contributed by atoms with E-state index in [9.17, 15) is 0 Å². The smallest absolute Gasteiger partial charge is 0.0722 e. The van der Waals surface area contributed by atoms with Crippen LogP contribution in [-0.4, -0.2) is 4.98 Å². The highest BCUT2D eigenvalue weighted by Gasteiger charge is 2.13. The summed E-state index contributed by atoms with van der Waals surface area (Å²) in [7, 11) is 0. The Bertz CT molecular complexity index is 1230. The van der Waals surface area contributed by atoms with E-state index in [1.807, 2.05) is 0 Å². The second-order valence-corrected chi connectivity index (χ2v) is 6.55. The number of aryl methyl sites for hydroxylation is 1. The van der Waals surface area contributed by atoms with Crippen LogP contribution in [0, 0.1) is 6.92 Å². The van der Waals surface area contributed by atoms with Crippen LogP contribution in [0.3, 0.4) is 0 Å². The second kappa shape index (κ2) is 5.42. The molecule has 0 aliphatic rings. The summed E-state index contributed by atoms with van der Waals surface area (Å²) in [5, 5.41) is 4.95. The summed E-state index contributed by atoms with van der Waals surface area (Å²) in [6, 6.07) is 30.1. The van der Waals surface area contributed by atoms with Gasteiger partial charge in [0, 0.05) is 16.3 Å². The third kappa shape index (κ3) is 2.20. The predicted octanol–water partition coefficient (Wildman–Crippen LogP) is 6.52. The first kappa shape index (κ1) is 14.2. The van der Waals surface area contributed by atoms with Crippen LogP contribution in [0.25, 0.3) is 43.7 Å². The van der Waals surface area contributed by atoms with Crippen molar-refractivity contribution in [2.75, 3.05) is 0 Å². The van der Waals surface area contributed by atoms with E-state index >= 15 is 0 Å². The second-order valence-electron chi connectivity index (χ2n) is 6.55. The zero-order valence-corrected chi connectivity index (χ0v) is 14.0. The lowest BCUT2D eigenvalue weighted by atomic mass is 9.92. The van der Waals surface area contributed by atoms with Crippen molar-refractivity contribution in [2.24, 2.45) is 0 Å². The molecule has 0 saturated heterocycles. The highest BCUT2D eigenvalue weighted by molar-refractivity contribution is 6.19. The van der Waals surface area contributed by atoms with Crippen LogP contribution in [-0.2, 0) is 0 Å². The first-order valence-electron chi connectivity index (χ1n) is 8.58. The number of fused-ring (bicyclic) bond motifs is 4. The molecule has 0 spiro atoms. The van der Waals surface area contributed by atoms with Crippen LogP contribution in [0.15, 0.2) is 84.9 Å². The Morgan fingerprint density at radius 2 is 1.32 bits per heavy atom. The summed E-state index contributed by atoms with van der Waals surface area (Å²) in [6.45, 7) is 2.13. The minimum absolute atomic E-state index is 1.04. The molecule has 1 heteroatoms. The van der Waals surface area contributed by atoms with E-state index in [-0.39, 0.29) is 0 Å². The number of aromatic nitrogens is 1. The predicted molar refractivity (Wildman–Crippen MR) is 107 cm³/mol. The molecule has 0 aliphatic heterocycles. The lowest BCUT2D eigenvalue weighted by Gasteiger charge is -2.14. The summed E-state index contributed by atoms with van der Waals surface area (Å²) in [5.74, 6) is 0. The molecule has 0 N–H and O–H groups in total. The van der Waals surface area contributed by atoms with Gasteiger partial charge in [-0.05, 0) is 35.4 Å². The molecule has 4 aromatic carbocycles. The SMILES string of the molecule is Cc1ccc(-c2c3ccccc3nc3ccc4ccccc4c23)cc1. The van der Waals surface area contributed by atoms with Crippen LogP contribution in [0.5, 0.6) is 0 Å². The quantitative estimate of drug-likeness (QED) is 0.253. The summed E-state index contributed by atoms with van der Waals surface area (Å²) in [5.41, 5.74) is 5.88. The maximum atomic E-state index is 4.93. The van der Waals surface area contributed by atoms with Crippen LogP contribution in [0.4, 0.5) is 0 Å². The van der Waals surface area contributed by atoms with Gasteiger partial charge < -0.3 is 0 Å². The molecular weight excluding hydrogens is 302 g/mol. The Morgan fingerprint density at radius 3 is 2.16 bits per heavy atom. The molecular formula is C24H17N. The third-order valence-corrected chi connectivity index (χ3v) is 4.91. The lowest BCUT2D eigenvalue weighted by molar-refractivity contribution is 1.47. The molecule has 1 aromatic heterocycles. The molecule has 0 saturated carbocycles. The van der Waals surface area contributed by atoms with E-state index in [0.717, 1.165) is 11.0 Å². The molecule has 0 atom stereocenters. The Labute approximate surface area is 146 Å². The van der Waals surface area contributed by atoms with E-state index in [2.05, 4.69) is 91.9 Å². The summed E-state index contributed by atoms with van der Waals surface area (Å²) in [4.78, 5) is 4.93. The van der Waals surface area contributed by atoms with Gasteiger partial charge in [0.05, 0.1) is 11.0 Å². The van der Waals surface area contributed by atoms with Crippen molar-refractivity contribution in [1.29, 1.82) is 0 Å². The number of hydrogen-bond acceptors (Lipinski definition) is 1. The normalized spacial score (nSPS) is 11.4. The standard InChI is InChI=1S/C24H17N/c1-16-10-12-18(13-11-16)23-20-8-4-5-9-21(20)25-22-15-14-17-6-2-3-7-19(17)24(22)23/h2-15H,1H3. The molecule has 0 amide bonds. The van der Waals surface area contributed by atoms with Gasteiger partial charge in [0.15, 0.2) is 0 Å². The van der Waals surface area contributed by atoms with E-state index in [1.165, 1.54) is 38.2 Å². The number of nitrogens with zero attached hydrogens (tertiary/aromatic N) is 1. The number of rotatable bonds is 1. The Hall–Kier alpha value is -3.19. The Kier molecular flexibility index (Phi) is 3.07. The molecule has 1 nitrogen and oxygen atoms in total. The van der Waals surface area contributed by atoms with Gasteiger partial charge in [0.2, 0.25) is 0 Å². The molecule has 5 aromatic rings. The molecule has 118 valence electrons. The van der Waals surface area contributed by atoms with E-state index < -0.39 is 0 Å². The summed E-state index contributed by atoms with van der Waals surface area (Å²) >= 11 is 0. The molecule has 0 bridgehead atoms. The summed E-state index contributed by atoms with van der Waals surface area (Å²) < 4.78 is 0. The van der Waals surface area contributed by atoms with Gasteiger partial charge in [-0.25, -0.2) is 4.98 Å². The largest absolute Gasteiger partial charge is 0.248 e. The first-order valence-corrected chi connectivity index (χ1v) is 8.58. The highest BCUT2D eigenvalue weighted by Crippen LogP contribution is 2.38. The highest BCUT2D eigenvalue weighted by atomic mass is 14.7. The van der Waals surface area contributed by atoms with Crippen LogP contribution >= 0.6 is 0 Å². The molecule has 1 heterocycles. The van der Waals surface area contributed by atoms with E-state index in [1.54, 1.807) is 0 Å². The molecule has 0 unspecified atom stereocenters. The maximum absolute atomic E-state index is 4.93. The van der Waals surface area contributed by atoms with Crippen molar-refractivity contribution in [3.05, 3.63) is 90.5 Å². The van der Waals surface area contributed by atoms with Gasteiger partial charge in [0.1, 0.15) is 0 Å². The zero-order valence-electron chi connectivity index (χ0n) is 14.0. The fourth-order valence-corrected chi connectivity index (χ4v) is 3.68. The van der Waals surface area contributed by atoms with E-state index in [4.69, 9.17) is 4.98 Å². The van der Waals surface area contributed by atoms with Gasteiger partial charge in [-0.2, -0.15) is 0 Å². The van der Waals surface area contributed by atoms with Crippen molar-refractivity contribution in [3.8, 4) is 11.1 Å². The minimum Gasteiger partial charge on any atom is -0.248 e. The average Bonchev–Trinajstić information content (AvgIpc) is 2.67. The van der Waals surface area contributed by atoms with Crippen molar-refractivity contribution >= 4 is 32.6 Å². The Balaban J connectivity index is 2.06. The number of pyridine rings is 1. The van der Waals surface area contributed by atoms with Crippen molar-refractivity contribution < 1.29 is 0 Å². The average molecular weight is 319 g/mol. The third-order valence-electron chi connectivity index (χ3n) is 4.91. The number of benzene rings is 4. The Morgan fingerprint density at radius 1 is 0.600 bits per heavy atom. The molecule has 0 radical (unpaired) electrons. The van der Waals surface area contributed by atoms with Crippen LogP contribution in [0.1, 0.15) is 5.56 Å². The van der Waals surface area contributed by atoms with Gasteiger partial charge in [0.25, 0.3) is 0 Å². The van der Waals surface area contributed by atoms with Gasteiger partial charge >= 0.3 is 0 Å². The van der Waals surface area contributed by atoms with Crippen molar-refractivity contribution in [1.82, 2.24) is 4.98 Å². The fraction of sp³-hybridized carbons (Fsp3) is 0.0417. The van der Waals surface area contributed by atoms with Crippen molar-refractivity contribution in [3.63, 3.8) is 0 Å². The first-order chi connectivity index (χ1) is 12.3. The van der Waals surface area contributed by atoms with Gasteiger partial charge in [-0.3, -0.25) is 0 Å². The molecule has 0 fully saturated rings. The summed E-state index contributed by atoms with van der Waals surface area (Å²) in [6.07, 6.45) is 0. The minimum atomic E-state index is 1.04. The monoisotopic (exact) mass is 319 g/mol. The topological polar surface area (TPSA) is 12.9 Å². The maximum Gasteiger partial charge on any atom is 0.0722 e. The van der Waals surface area contributed by atoms with Gasteiger partial charge in [-0.1, -0.05) is 78.4 Å². The fourth-order valence-electron chi connectivity index (χ4n) is 3.68. The number of para-hydroxylation sites is 1. The van der Waals surface area contributed by atoms with E-state index in [0.29, 0.717) is 0 Å². The van der Waals surface area contributed by atoms with Crippen LogP contribution < -0.4 is 0 Å². The van der Waals surface area contributed by atoms with Gasteiger partial charge in [-0.15, -0.1) is 0 Å². The van der Waals surface area contributed by atoms with Crippen molar-refractivity contribution in [2.45, 2.75) is 6.92 Å². The molecule has 5 rings (SSSR count). The lowest BCUT2D eigenvalue weighted by Crippen LogP contribution is -1.90. The zero-order chi connectivity index (χ0) is 16.8. The molecule has 25 heavy (non-hydrogen) atoms. The molecule has 0 aliphatic carbocycles.